The molecule has 0 aromatic rings. The number of carbonyl (C=O) groups excluding carboxylic acids is 1. The van der Waals surface area contributed by atoms with Crippen molar-refractivity contribution < 1.29 is 27.9 Å². The van der Waals surface area contributed by atoms with Gasteiger partial charge in [0.2, 0.25) is 0 Å². The fourth-order valence-corrected chi connectivity index (χ4v) is 2.52. The topological polar surface area (TPSA) is 57.6 Å². The number of likely N-dealkylation sites (tertiary alicyclic amines) is 1. The van der Waals surface area contributed by atoms with E-state index in [9.17, 15) is 22.8 Å². The van der Waals surface area contributed by atoms with Crippen LogP contribution in [0.25, 0.3) is 0 Å². The third-order valence-corrected chi connectivity index (χ3v) is 3.62. The minimum Gasteiger partial charge on any atom is -0.481 e. The average molecular weight is 265 g/mol. The van der Waals surface area contributed by atoms with Gasteiger partial charge in [0.15, 0.2) is 0 Å². The molecule has 0 spiro atoms. The van der Waals surface area contributed by atoms with E-state index in [2.05, 4.69) is 0 Å². The van der Waals surface area contributed by atoms with Crippen molar-refractivity contribution in [1.82, 2.24) is 4.90 Å². The van der Waals surface area contributed by atoms with Gasteiger partial charge in [-0.25, -0.2) is 0 Å². The molecule has 0 aromatic carbocycles. The van der Waals surface area contributed by atoms with Crippen molar-refractivity contribution >= 4 is 11.9 Å². The Kier molecular flexibility index (Phi) is 3.25. The van der Waals surface area contributed by atoms with Crippen LogP contribution in [0.4, 0.5) is 13.2 Å². The van der Waals surface area contributed by atoms with Crippen molar-refractivity contribution in [2.24, 2.45) is 17.8 Å². The maximum atomic E-state index is 12.3. The highest BCUT2D eigenvalue weighted by Gasteiger charge is 2.49. The SMILES string of the molecule is O=C(O)[C@@H]1CN(C(=O)C(F)(F)F)C[C@H]1CC1CC1. The Bertz CT molecular complexity index is 365. The zero-order valence-electron chi connectivity index (χ0n) is 9.61. The van der Waals surface area contributed by atoms with E-state index in [-0.39, 0.29) is 19.0 Å². The van der Waals surface area contributed by atoms with Crippen LogP contribution in [0.1, 0.15) is 19.3 Å². The summed E-state index contributed by atoms with van der Waals surface area (Å²) in [5.74, 6) is -3.82. The molecule has 1 N–H and O–H groups in total. The Labute approximate surface area is 102 Å². The first-order valence-electron chi connectivity index (χ1n) is 5.88. The Morgan fingerprint density at radius 3 is 2.28 bits per heavy atom. The highest BCUT2D eigenvalue weighted by atomic mass is 19.4. The molecule has 1 saturated heterocycles. The van der Waals surface area contributed by atoms with Crippen molar-refractivity contribution in [3.8, 4) is 0 Å². The lowest BCUT2D eigenvalue weighted by Crippen LogP contribution is -2.40. The molecule has 1 heterocycles. The molecular formula is C11H14F3NO3. The van der Waals surface area contributed by atoms with Gasteiger partial charge in [0.25, 0.3) is 0 Å². The molecule has 0 aromatic heterocycles. The van der Waals surface area contributed by atoms with E-state index in [0.29, 0.717) is 17.2 Å². The molecule has 2 aliphatic rings. The summed E-state index contributed by atoms with van der Waals surface area (Å²) in [7, 11) is 0. The Balaban J connectivity index is 2.03. The summed E-state index contributed by atoms with van der Waals surface area (Å²) in [5.41, 5.74) is 0. The van der Waals surface area contributed by atoms with Gasteiger partial charge >= 0.3 is 18.1 Å². The number of hydrogen-bond acceptors (Lipinski definition) is 2. The third kappa shape index (κ3) is 2.76. The number of hydrogen-bond donors (Lipinski definition) is 1. The van der Waals surface area contributed by atoms with E-state index in [0.717, 1.165) is 12.8 Å². The summed E-state index contributed by atoms with van der Waals surface area (Å²) in [6.07, 6.45) is -2.29. The van der Waals surface area contributed by atoms with E-state index >= 15 is 0 Å². The van der Waals surface area contributed by atoms with Gasteiger partial charge in [-0.3, -0.25) is 9.59 Å². The van der Waals surface area contributed by atoms with Crippen LogP contribution in [0.15, 0.2) is 0 Å². The fourth-order valence-electron chi connectivity index (χ4n) is 2.52. The summed E-state index contributed by atoms with van der Waals surface area (Å²) in [4.78, 5) is 22.7. The van der Waals surface area contributed by atoms with Crippen molar-refractivity contribution in [3.63, 3.8) is 0 Å². The second kappa shape index (κ2) is 4.44. The average Bonchev–Trinajstić information content (AvgIpc) is 2.93. The number of rotatable bonds is 3. The number of aliphatic carboxylic acids is 1. The van der Waals surface area contributed by atoms with Crippen molar-refractivity contribution in [2.45, 2.75) is 25.4 Å². The van der Waals surface area contributed by atoms with Gasteiger partial charge in [-0.2, -0.15) is 13.2 Å². The van der Waals surface area contributed by atoms with E-state index < -0.39 is 24.0 Å². The molecule has 7 heteroatoms. The molecule has 1 saturated carbocycles. The number of nitrogens with zero attached hydrogens (tertiary/aromatic N) is 1. The molecule has 0 bridgehead atoms. The van der Waals surface area contributed by atoms with E-state index in [4.69, 9.17) is 5.11 Å². The second-order valence-corrected chi connectivity index (χ2v) is 5.09. The molecule has 1 aliphatic heterocycles. The maximum Gasteiger partial charge on any atom is 0.471 e. The zero-order chi connectivity index (χ0) is 13.5. The van der Waals surface area contributed by atoms with Gasteiger partial charge in [0.1, 0.15) is 0 Å². The van der Waals surface area contributed by atoms with Gasteiger partial charge < -0.3 is 10.0 Å². The number of carbonyl (C=O) groups is 2. The van der Waals surface area contributed by atoms with Crippen LogP contribution in [0.3, 0.4) is 0 Å². The van der Waals surface area contributed by atoms with Crippen molar-refractivity contribution in [3.05, 3.63) is 0 Å². The van der Waals surface area contributed by atoms with Crippen molar-refractivity contribution in [1.29, 1.82) is 0 Å². The lowest BCUT2D eigenvalue weighted by atomic mass is 9.91. The lowest BCUT2D eigenvalue weighted by molar-refractivity contribution is -0.184. The van der Waals surface area contributed by atoms with Crippen molar-refractivity contribution in [2.75, 3.05) is 13.1 Å². The largest absolute Gasteiger partial charge is 0.481 e. The van der Waals surface area contributed by atoms with Crippen LogP contribution in [0, 0.1) is 17.8 Å². The number of alkyl halides is 3. The summed E-state index contributed by atoms with van der Waals surface area (Å²) in [6.45, 7) is -0.420. The normalized spacial score (nSPS) is 28.5. The lowest BCUT2D eigenvalue weighted by Gasteiger charge is -2.17. The standard InChI is InChI=1S/C11H14F3NO3/c12-11(13,14)10(18)15-4-7(3-6-1-2-6)8(5-15)9(16)17/h6-8H,1-5H2,(H,16,17)/t7-,8-/m1/s1. The number of carboxylic acid groups (broad SMARTS) is 1. The fraction of sp³-hybridized carbons (Fsp3) is 0.818. The molecular weight excluding hydrogens is 251 g/mol. The molecule has 2 rings (SSSR count). The quantitative estimate of drug-likeness (QED) is 0.841. The Morgan fingerprint density at radius 2 is 1.83 bits per heavy atom. The molecule has 102 valence electrons. The smallest absolute Gasteiger partial charge is 0.471 e. The molecule has 0 radical (unpaired) electrons. The van der Waals surface area contributed by atoms with E-state index in [1.807, 2.05) is 0 Å². The monoisotopic (exact) mass is 265 g/mol. The summed E-state index contributed by atoms with van der Waals surface area (Å²) < 4.78 is 36.9. The summed E-state index contributed by atoms with van der Waals surface area (Å²) in [6, 6.07) is 0. The minimum absolute atomic E-state index is 0.0915. The summed E-state index contributed by atoms with van der Waals surface area (Å²) in [5, 5.41) is 9.00. The highest BCUT2D eigenvalue weighted by Crippen LogP contribution is 2.40. The van der Waals surface area contributed by atoms with Gasteiger partial charge in [-0.05, 0) is 18.3 Å². The van der Waals surface area contributed by atoms with E-state index in [1.165, 1.54) is 0 Å². The number of halogens is 3. The third-order valence-electron chi connectivity index (χ3n) is 3.62. The van der Waals surface area contributed by atoms with Gasteiger partial charge in [-0.15, -0.1) is 0 Å². The minimum atomic E-state index is -4.92. The zero-order valence-corrected chi connectivity index (χ0v) is 9.61. The van der Waals surface area contributed by atoms with E-state index in [1.54, 1.807) is 0 Å². The first-order valence-corrected chi connectivity index (χ1v) is 5.88. The number of carboxylic acids is 1. The maximum absolute atomic E-state index is 12.3. The Hall–Kier alpha value is -1.27. The van der Waals surface area contributed by atoms with Crippen LogP contribution in [-0.2, 0) is 9.59 Å². The Morgan fingerprint density at radius 1 is 1.22 bits per heavy atom. The predicted octanol–water partition coefficient (Wildman–Crippen LogP) is 1.51. The highest BCUT2D eigenvalue weighted by molar-refractivity contribution is 5.83. The van der Waals surface area contributed by atoms with Crippen LogP contribution in [0.5, 0.6) is 0 Å². The molecule has 4 nitrogen and oxygen atoms in total. The second-order valence-electron chi connectivity index (χ2n) is 5.09. The van der Waals surface area contributed by atoms with Crippen LogP contribution < -0.4 is 0 Å². The van der Waals surface area contributed by atoms with Crippen LogP contribution in [-0.4, -0.2) is 41.1 Å². The van der Waals surface area contributed by atoms with Crippen LogP contribution >= 0.6 is 0 Å². The van der Waals surface area contributed by atoms with Gasteiger partial charge in [-0.1, -0.05) is 12.8 Å². The molecule has 0 unspecified atom stereocenters. The first-order chi connectivity index (χ1) is 8.29. The molecule has 18 heavy (non-hydrogen) atoms. The molecule has 1 aliphatic carbocycles. The van der Waals surface area contributed by atoms with Gasteiger partial charge in [0, 0.05) is 13.1 Å². The first kappa shape index (κ1) is 13.2. The number of amides is 1. The molecule has 2 atom stereocenters. The molecule has 1 amide bonds. The molecule has 2 fully saturated rings. The van der Waals surface area contributed by atoms with Crippen LogP contribution in [0.2, 0.25) is 0 Å². The predicted molar refractivity (Wildman–Crippen MR) is 54.6 cm³/mol. The summed E-state index contributed by atoms with van der Waals surface area (Å²) >= 11 is 0. The van der Waals surface area contributed by atoms with Gasteiger partial charge in [0.05, 0.1) is 5.92 Å².